The average Bonchev–Trinajstić information content (AvgIpc) is 3.06. The summed E-state index contributed by atoms with van der Waals surface area (Å²) in [6.45, 7) is 3.76. The van der Waals surface area contributed by atoms with Gasteiger partial charge in [-0.25, -0.2) is 0 Å². The van der Waals surface area contributed by atoms with Gasteiger partial charge in [-0.2, -0.15) is 0 Å². The van der Waals surface area contributed by atoms with Crippen molar-refractivity contribution in [3.8, 4) is 0 Å². The van der Waals surface area contributed by atoms with Crippen molar-refractivity contribution in [2.75, 3.05) is 11.6 Å². The van der Waals surface area contributed by atoms with E-state index in [1.165, 1.54) is 6.26 Å². The van der Waals surface area contributed by atoms with E-state index < -0.39 is 11.9 Å². The number of amides is 2. The highest BCUT2D eigenvalue weighted by atomic mass is 32.2. The minimum Gasteiger partial charge on any atom is -0.459 e. The van der Waals surface area contributed by atoms with Gasteiger partial charge in [0.15, 0.2) is 5.76 Å². The zero-order valence-electron chi connectivity index (χ0n) is 13.3. The maximum atomic E-state index is 12.5. The Bertz CT molecular complexity index is 668. The minimum absolute atomic E-state index is 0.0577. The molecule has 2 N–H and O–H groups in total. The van der Waals surface area contributed by atoms with Crippen LogP contribution in [0.3, 0.4) is 0 Å². The number of rotatable bonds is 6. The van der Waals surface area contributed by atoms with Gasteiger partial charge in [0.2, 0.25) is 5.91 Å². The first-order valence-electron chi connectivity index (χ1n) is 7.30. The van der Waals surface area contributed by atoms with Gasteiger partial charge in [-0.15, -0.1) is 11.8 Å². The first-order valence-corrected chi connectivity index (χ1v) is 8.53. The van der Waals surface area contributed by atoms with Gasteiger partial charge in [0, 0.05) is 10.6 Å². The topological polar surface area (TPSA) is 71.3 Å². The molecule has 0 bridgehead atoms. The van der Waals surface area contributed by atoms with Crippen molar-refractivity contribution < 1.29 is 14.0 Å². The Balaban J connectivity index is 2.07. The molecule has 1 atom stereocenters. The molecule has 0 fully saturated rings. The number of hydrogen-bond acceptors (Lipinski definition) is 4. The highest BCUT2D eigenvalue weighted by Crippen LogP contribution is 2.19. The standard InChI is InChI=1S/C17H20N2O3S/c1-11(2)15(19-16(20)14-8-5-9-22-14)17(21)18-12-6-4-7-13(10-12)23-3/h4-11,15H,1-3H3,(H,18,21)(H,19,20). The summed E-state index contributed by atoms with van der Waals surface area (Å²) in [7, 11) is 0. The third-order valence-electron chi connectivity index (χ3n) is 3.32. The van der Waals surface area contributed by atoms with Gasteiger partial charge < -0.3 is 15.1 Å². The SMILES string of the molecule is CSc1cccc(NC(=O)C(NC(=O)c2ccco2)C(C)C)c1. The number of hydrogen-bond donors (Lipinski definition) is 2. The van der Waals surface area contributed by atoms with Crippen molar-refractivity contribution in [3.05, 3.63) is 48.4 Å². The van der Waals surface area contributed by atoms with Crippen LogP contribution in [0, 0.1) is 5.92 Å². The van der Waals surface area contributed by atoms with E-state index >= 15 is 0 Å². The molecule has 0 spiro atoms. The molecule has 23 heavy (non-hydrogen) atoms. The fourth-order valence-corrected chi connectivity index (χ4v) is 2.54. The lowest BCUT2D eigenvalue weighted by molar-refractivity contribution is -0.118. The van der Waals surface area contributed by atoms with E-state index in [0.29, 0.717) is 5.69 Å². The first kappa shape index (κ1) is 17.1. The predicted octanol–water partition coefficient (Wildman–Crippen LogP) is 3.39. The lowest BCUT2D eigenvalue weighted by Gasteiger charge is -2.21. The largest absolute Gasteiger partial charge is 0.459 e. The Morgan fingerprint density at radius 3 is 2.57 bits per heavy atom. The molecular formula is C17H20N2O3S. The molecular weight excluding hydrogens is 312 g/mol. The number of nitrogens with one attached hydrogen (secondary N) is 2. The van der Waals surface area contributed by atoms with Crippen molar-refractivity contribution >= 4 is 29.3 Å². The highest BCUT2D eigenvalue weighted by molar-refractivity contribution is 7.98. The van der Waals surface area contributed by atoms with E-state index in [-0.39, 0.29) is 17.6 Å². The van der Waals surface area contributed by atoms with Crippen molar-refractivity contribution in [2.45, 2.75) is 24.8 Å². The molecule has 6 heteroatoms. The molecule has 0 saturated heterocycles. The highest BCUT2D eigenvalue weighted by Gasteiger charge is 2.25. The van der Waals surface area contributed by atoms with Gasteiger partial charge in [-0.3, -0.25) is 9.59 Å². The first-order chi connectivity index (χ1) is 11.0. The van der Waals surface area contributed by atoms with Gasteiger partial charge >= 0.3 is 0 Å². The maximum absolute atomic E-state index is 12.5. The van der Waals surface area contributed by atoms with Gasteiger partial charge in [-0.05, 0) is 42.5 Å². The Labute approximate surface area is 139 Å². The maximum Gasteiger partial charge on any atom is 0.287 e. The Hall–Kier alpha value is -2.21. The zero-order chi connectivity index (χ0) is 16.8. The Morgan fingerprint density at radius 2 is 1.96 bits per heavy atom. The smallest absolute Gasteiger partial charge is 0.287 e. The van der Waals surface area contributed by atoms with E-state index in [1.54, 1.807) is 23.9 Å². The Kier molecular flexibility index (Phi) is 5.87. The molecule has 0 aliphatic heterocycles. The monoisotopic (exact) mass is 332 g/mol. The molecule has 1 aromatic heterocycles. The summed E-state index contributed by atoms with van der Waals surface area (Å²) in [5.41, 5.74) is 0.708. The molecule has 1 unspecified atom stereocenters. The van der Waals surface area contributed by atoms with Crippen LogP contribution in [0.2, 0.25) is 0 Å². The Morgan fingerprint density at radius 1 is 1.17 bits per heavy atom. The van der Waals surface area contributed by atoms with E-state index in [0.717, 1.165) is 4.90 Å². The van der Waals surface area contributed by atoms with Crippen molar-refractivity contribution in [1.29, 1.82) is 0 Å². The summed E-state index contributed by atoms with van der Waals surface area (Å²) in [5.74, 6) is -0.523. The fraction of sp³-hybridized carbons (Fsp3) is 0.294. The van der Waals surface area contributed by atoms with Crippen LogP contribution < -0.4 is 10.6 Å². The number of carbonyl (C=O) groups is 2. The number of thioether (sulfide) groups is 1. The molecule has 122 valence electrons. The number of carbonyl (C=O) groups excluding carboxylic acids is 2. The third-order valence-corrected chi connectivity index (χ3v) is 4.04. The minimum atomic E-state index is -0.648. The van der Waals surface area contributed by atoms with Crippen molar-refractivity contribution in [2.24, 2.45) is 5.92 Å². The number of anilines is 1. The van der Waals surface area contributed by atoms with Crippen LogP contribution in [0.1, 0.15) is 24.4 Å². The quantitative estimate of drug-likeness (QED) is 0.795. The van der Waals surface area contributed by atoms with E-state index in [9.17, 15) is 9.59 Å². The molecule has 2 rings (SSSR count). The summed E-state index contributed by atoms with van der Waals surface area (Å²) >= 11 is 1.60. The van der Waals surface area contributed by atoms with Crippen LogP contribution in [0.4, 0.5) is 5.69 Å². The van der Waals surface area contributed by atoms with Crippen LogP contribution in [0.15, 0.2) is 52.0 Å². The molecule has 0 aliphatic rings. The lowest BCUT2D eigenvalue weighted by Crippen LogP contribution is -2.47. The molecule has 0 radical (unpaired) electrons. The van der Waals surface area contributed by atoms with Gasteiger partial charge in [0.1, 0.15) is 6.04 Å². The second-order valence-corrected chi connectivity index (χ2v) is 6.27. The predicted molar refractivity (Wildman–Crippen MR) is 91.7 cm³/mol. The molecule has 0 aliphatic carbocycles. The van der Waals surface area contributed by atoms with Crippen molar-refractivity contribution in [3.63, 3.8) is 0 Å². The summed E-state index contributed by atoms with van der Waals surface area (Å²) < 4.78 is 5.06. The van der Waals surface area contributed by atoms with Crippen LogP contribution in [0.25, 0.3) is 0 Å². The number of benzene rings is 1. The summed E-state index contributed by atoms with van der Waals surface area (Å²) in [6, 6.07) is 10.1. The molecule has 2 amide bonds. The van der Waals surface area contributed by atoms with Crippen molar-refractivity contribution in [1.82, 2.24) is 5.32 Å². The number of furan rings is 1. The normalized spacial score (nSPS) is 12.0. The second kappa shape index (κ2) is 7.87. The fourth-order valence-electron chi connectivity index (χ4n) is 2.08. The van der Waals surface area contributed by atoms with E-state index in [2.05, 4.69) is 10.6 Å². The van der Waals surface area contributed by atoms with Gasteiger partial charge in [0.25, 0.3) is 5.91 Å². The molecule has 5 nitrogen and oxygen atoms in total. The second-order valence-electron chi connectivity index (χ2n) is 5.39. The van der Waals surface area contributed by atoms with Gasteiger partial charge in [0.05, 0.1) is 6.26 Å². The van der Waals surface area contributed by atoms with E-state index in [1.807, 2.05) is 44.4 Å². The molecule has 1 aromatic carbocycles. The average molecular weight is 332 g/mol. The lowest BCUT2D eigenvalue weighted by atomic mass is 10.0. The van der Waals surface area contributed by atoms with Crippen LogP contribution >= 0.6 is 11.8 Å². The summed E-state index contributed by atoms with van der Waals surface area (Å²) in [4.78, 5) is 25.6. The van der Waals surface area contributed by atoms with E-state index in [4.69, 9.17) is 4.42 Å². The third kappa shape index (κ3) is 4.63. The zero-order valence-corrected chi connectivity index (χ0v) is 14.1. The molecule has 1 heterocycles. The van der Waals surface area contributed by atoms with Crippen LogP contribution in [-0.4, -0.2) is 24.1 Å². The van der Waals surface area contributed by atoms with Gasteiger partial charge in [-0.1, -0.05) is 19.9 Å². The summed E-state index contributed by atoms with van der Waals surface area (Å²) in [5, 5.41) is 5.57. The van der Waals surface area contributed by atoms with Crippen LogP contribution in [-0.2, 0) is 4.79 Å². The van der Waals surface area contributed by atoms with Crippen LogP contribution in [0.5, 0.6) is 0 Å². The molecule has 2 aromatic rings. The molecule has 0 saturated carbocycles. The summed E-state index contributed by atoms with van der Waals surface area (Å²) in [6.07, 6.45) is 3.40.